The summed E-state index contributed by atoms with van der Waals surface area (Å²) in [4.78, 5) is 41.9. The van der Waals surface area contributed by atoms with E-state index in [2.05, 4.69) is 15.6 Å². The molecule has 4 amide bonds. The highest BCUT2D eigenvalue weighted by molar-refractivity contribution is 6.04. The van der Waals surface area contributed by atoms with E-state index in [1.807, 2.05) is 30.5 Å². The van der Waals surface area contributed by atoms with Crippen molar-refractivity contribution < 1.29 is 23.9 Å². The second kappa shape index (κ2) is 9.64. The van der Waals surface area contributed by atoms with Crippen LogP contribution >= 0.6 is 0 Å². The molecule has 1 atom stereocenters. The fraction of sp³-hybridized carbons (Fsp3) is 0.292. The van der Waals surface area contributed by atoms with E-state index >= 15 is 0 Å². The average Bonchev–Trinajstić information content (AvgIpc) is 3.35. The van der Waals surface area contributed by atoms with Crippen molar-refractivity contribution in [2.75, 3.05) is 26.1 Å². The zero-order valence-electron chi connectivity index (χ0n) is 18.5. The van der Waals surface area contributed by atoms with Crippen LogP contribution in [0.3, 0.4) is 0 Å². The summed E-state index contributed by atoms with van der Waals surface area (Å²) in [5, 5.41) is 6.54. The van der Waals surface area contributed by atoms with Crippen LogP contribution in [0.4, 0.5) is 10.5 Å². The molecule has 0 aliphatic carbocycles. The number of ether oxygens (including phenoxy) is 2. The molecule has 3 N–H and O–H groups in total. The van der Waals surface area contributed by atoms with Crippen molar-refractivity contribution in [2.24, 2.45) is 0 Å². The van der Waals surface area contributed by atoms with Crippen molar-refractivity contribution >= 4 is 34.4 Å². The molecule has 2 aromatic carbocycles. The molecule has 1 fully saturated rings. The smallest absolute Gasteiger partial charge is 0.324 e. The molecule has 9 nitrogen and oxygen atoms in total. The molecule has 0 spiro atoms. The van der Waals surface area contributed by atoms with E-state index in [1.54, 1.807) is 18.2 Å². The Morgan fingerprint density at radius 3 is 2.55 bits per heavy atom. The second-order valence-corrected chi connectivity index (χ2v) is 7.79. The first-order valence-electron chi connectivity index (χ1n) is 10.7. The van der Waals surface area contributed by atoms with Crippen LogP contribution in [-0.4, -0.2) is 54.5 Å². The molecule has 1 aliphatic rings. The second-order valence-electron chi connectivity index (χ2n) is 7.79. The number of rotatable bonds is 9. The summed E-state index contributed by atoms with van der Waals surface area (Å²) in [5.74, 6) is 0.516. The lowest BCUT2D eigenvalue weighted by Gasteiger charge is -2.13. The number of hydrogen-bond acceptors (Lipinski definition) is 5. The van der Waals surface area contributed by atoms with Gasteiger partial charge in [0.2, 0.25) is 5.91 Å². The van der Waals surface area contributed by atoms with Gasteiger partial charge < -0.3 is 25.1 Å². The van der Waals surface area contributed by atoms with E-state index in [-0.39, 0.29) is 31.2 Å². The number of H-pyrrole nitrogens is 1. The van der Waals surface area contributed by atoms with Crippen LogP contribution < -0.4 is 20.1 Å². The molecule has 9 heteroatoms. The molecule has 1 saturated heterocycles. The summed E-state index contributed by atoms with van der Waals surface area (Å²) < 4.78 is 10.4. The van der Waals surface area contributed by atoms with Gasteiger partial charge >= 0.3 is 6.03 Å². The minimum absolute atomic E-state index is 0.0759. The standard InChI is InChI=1S/C24H26N4O5/c1-32-17-11-16(12-18(13-17)33-2)26-22(29)8-7-21-23(30)28(24(31)27-21)10-9-15-14-25-20-6-4-3-5-19(15)20/h3-6,11-14,21,25H,7-10H2,1-2H3,(H,26,29)(H,27,31)/t21-/m1/s1. The lowest BCUT2D eigenvalue weighted by Crippen LogP contribution is -2.33. The van der Waals surface area contributed by atoms with Crippen molar-refractivity contribution in [1.29, 1.82) is 0 Å². The van der Waals surface area contributed by atoms with Gasteiger partial charge in [0.1, 0.15) is 17.5 Å². The van der Waals surface area contributed by atoms with Gasteiger partial charge in [-0.15, -0.1) is 0 Å². The van der Waals surface area contributed by atoms with Crippen LogP contribution in [0.1, 0.15) is 18.4 Å². The number of aromatic nitrogens is 1. The zero-order chi connectivity index (χ0) is 23.4. The molecule has 0 bridgehead atoms. The summed E-state index contributed by atoms with van der Waals surface area (Å²) in [7, 11) is 3.05. The zero-order valence-corrected chi connectivity index (χ0v) is 18.5. The van der Waals surface area contributed by atoms with Crippen molar-refractivity contribution in [3.63, 3.8) is 0 Å². The van der Waals surface area contributed by atoms with Gasteiger partial charge in [-0.1, -0.05) is 18.2 Å². The molecular weight excluding hydrogens is 424 g/mol. The normalized spacial score (nSPS) is 15.6. The molecule has 4 rings (SSSR count). The van der Waals surface area contributed by atoms with Gasteiger partial charge in [-0.05, 0) is 24.5 Å². The first kappa shape index (κ1) is 22.2. The fourth-order valence-electron chi connectivity index (χ4n) is 3.93. The number of carbonyl (C=O) groups is 3. The number of methoxy groups -OCH3 is 2. The highest BCUT2D eigenvalue weighted by Crippen LogP contribution is 2.26. The van der Waals surface area contributed by atoms with Crippen LogP contribution in [-0.2, 0) is 16.0 Å². The number of urea groups is 1. The minimum Gasteiger partial charge on any atom is -0.497 e. The maximum Gasteiger partial charge on any atom is 0.324 e. The van der Waals surface area contributed by atoms with Crippen molar-refractivity contribution in [3.05, 3.63) is 54.2 Å². The van der Waals surface area contributed by atoms with Crippen LogP contribution in [0.2, 0.25) is 0 Å². The Morgan fingerprint density at radius 2 is 1.82 bits per heavy atom. The summed E-state index contributed by atoms with van der Waals surface area (Å²) in [6.45, 7) is 0.277. The SMILES string of the molecule is COc1cc(NC(=O)CC[C@H]2NC(=O)N(CCc3c[nH]c4ccccc34)C2=O)cc(OC)c1. The van der Waals surface area contributed by atoms with Gasteiger partial charge in [-0.2, -0.15) is 0 Å². The molecular formula is C24H26N4O5. The number of hydrogen-bond donors (Lipinski definition) is 3. The molecule has 0 unspecified atom stereocenters. The topological polar surface area (TPSA) is 113 Å². The predicted molar refractivity (Wildman–Crippen MR) is 123 cm³/mol. The molecule has 0 radical (unpaired) electrons. The molecule has 1 aliphatic heterocycles. The van der Waals surface area contributed by atoms with Crippen molar-refractivity contribution in [3.8, 4) is 11.5 Å². The summed E-state index contributed by atoms with van der Waals surface area (Å²) in [6.07, 6.45) is 2.74. The fourth-order valence-corrected chi connectivity index (χ4v) is 3.93. The molecule has 33 heavy (non-hydrogen) atoms. The largest absolute Gasteiger partial charge is 0.497 e. The van der Waals surface area contributed by atoms with Gasteiger partial charge in [0.15, 0.2) is 0 Å². The number of anilines is 1. The summed E-state index contributed by atoms with van der Waals surface area (Å²) in [5.41, 5.74) is 2.59. The third-order valence-electron chi connectivity index (χ3n) is 5.68. The molecule has 0 saturated carbocycles. The van der Waals surface area contributed by atoms with E-state index in [9.17, 15) is 14.4 Å². The van der Waals surface area contributed by atoms with Crippen LogP contribution in [0, 0.1) is 0 Å². The Balaban J connectivity index is 1.31. The van der Waals surface area contributed by atoms with Crippen LogP contribution in [0.15, 0.2) is 48.7 Å². The highest BCUT2D eigenvalue weighted by Gasteiger charge is 2.37. The Hall–Kier alpha value is -4.01. The maximum atomic E-state index is 12.7. The minimum atomic E-state index is -0.717. The lowest BCUT2D eigenvalue weighted by molar-refractivity contribution is -0.127. The predicted octanol–water partition coefficient (Wildman–Crippen LogP) is 3.07. The highest BCUT2D eigenvalue weighted by atomic mass is 16.5. The average molecular weight is 450 g/mol. The summed E-state index contributed by atoms with van der Waals surface area (Å²) >= 11 is 0. The van der Waals surface area contributed by atoms with Gasteiger partial charge in [0.05, 0.1) is 14.2 Å². The number of imide groups is 1. The molecule has 1 aromatic heterocycles. The van der Waals surface area contributed by atoms with Crippen molar-refractivity contribution in [2.45, 2.75) is 25.3 Å². The van der Waals surface area contributed by atoms with Crippen LogP contribution in [0.5, 0.6) is 11.5 Å². The van der Waals surface area contributed by atoms with Crippen LogP contribution in [0.25, 0.3) is 10.9 Å². The third-order valence-corrected chi connectivity index (χ3v) is 5.68. The quantitative estimate of drug-likeness (QED) is 0.434. The maximum absolute atomic E-state index is 12.7. The lowest BCUT2D eigenvalue weighted by atomic mass is 10.1. The first-order chi connectivity index (χ1) is 16.0. The van der Waals surface area contributed by atoms with E-state index in [1.165, 1.54) is 19.1 Å². The summed E-state index contributed by atoms with van der Waals surface area (Å²) in [6, 6.07) is 11.8. The Kier molecular flexibility index (Phi) is 6.48. The molecule has 2 heterocycles. The Labute approximate surface area is 191 Å². The number of para-hydroxylation sites is 1. The van der Waals surface area contributed by atoms with Gasteiger partial charge in [0.25, 0.3) is 5.91 Å². The van der Waals surface area contributed by atoms with Gasteiger partial charge in [-0.25, -0.2) is 4.79 Å². The Bertz CT molecular complexity index is 1170. The molecule has 3 aromatic rings. The number of nitrogens with zero attached hydrogens (tertiary/aromatic N) is 1. The van der Waals surface area contributed by atoms with E-state index < -0.39 is 12.1 Å². The number of amides is 4. The third kappa shape index (κ3) is 4.92. The number of benzene rings is 2. The number of carbonyl (C=O) groups excluding carboxylic acids is 3. The van der Waals surface area contributed by atoms with Crippen molar-refractivity contribution in [1.82, 2.24) is 15.2 Å². The Morgan fingerprint density at radius 1 is 1.09 bits per heavy atom. The number of fused-ring (bicyclic) bond motifs is 1. The first-order valence-corrected chi connectivity index (χ1v) is 10.7. The number of nitrogens with one attached hydrogen (secondary N) is 3. The van der Waals surface area contributed by atoms with Gasteiger partial charge in [-0.3, -0.25) is 14.5 Å². The number of aromatic amines is 1. The van der Waals surface area contributed by atoms with E-state index in [4.69, 9.17) is 9.47 Å². The van der Waals surface area contributed by atoms with E-state index in [0.29, 0.717) is 23.6 Å². The van der Waals surface area contributed by atoms with Gasteiger partial charge in [0, 0.05) is 54.0 Å². The molecule has 172 valence electrons. The monoisotopic (exact) mass is 450 g/mol. The van der Waals surface area contributed by atoms with E-state index in [0.717, 1.165) is 16.5 Å².